The van der Waals surface area contributed by atoms with E-state index in [4.69, 9.17) is 17.3 Å². The van der Waals surface area contributed by atoms with Gasteiger partial charge >= 0.3 is 0 Å². The van der Waals surface area contributed by atoms with Crippen LogP contribution in [-0.2, 0) is 0 Å². The minimum absolute atomic E-state index is 0.237. The number of aromatic nitrogens is 2. The highest BCUT2D eigenvalue weighted by molar-refractivity contribution is 7.18. The highest BCUT2D eigenvalue weighted by Gasteiger charge is 2.21. The molecule has 0 aliphatic rings. The van der Waals surface area contributed by atoms with Crippen molar-refractivity contribution in [2.45, 2.75) is 6.92 Å². The number of hydrogen-bond acceptors (Lipinski definition) is 5. The number of amides is 2. The third-order valence-corrected chi connectivity index (χ3v) is 4.77. The van der Waals surface area contributed by atoms with Gasteiger partial charge in [-0.25, -0.2) is 4.98 Å². The molecule has 126 valence electrons. The maximum atomic E-state index is 12.3. The van der Waals surface area contributed by atoms with Crippen molar-refractivity contribution in [1.82, 2.24) is 9.97 Å². The molecular weight excluding hydrogens is 360 g/mol. The maximum absolute atomic E-state index is 12.3. The molecule has 3 aromatic rings. The third-order valence-electron chi connectivity index (χ3n) is 3.47. The van der Waals surface area contributed by atoms with Crippen LogP contribution >= 0.6 is 22.9 Å². The fourth-order valence-electron chi connectivity index (χ4n) is 2.31. The fourth-order valence-corrected chi connectivity index (χ4v) is 3.44. The molecule has 2 heterocycles. The van der Waals surface area contributed by atoms with Gasteiger partial charge in [-0.1, -0.05) is 35.1 Å². The van der Waals surface area contributed by atoms with Gasteiger partial charge in [-0.05, 0) is 30.7 Å². The summed E-state index contributed by atoms with van der Waals surface area (Å²) >= 11 is 7.28. The van der Waals surface area contributed by atoms with Crippen LogP contribution in [0.4, 0.5) is 5.13 Å². The van der Waals surface area contributed by atoms with Crippen LogP contribution < -0.4 is 11.1 Å². The second kappa shape index (κ2) is 7.00. The summed E-state index contributed by atoms with van der Waals surface area (Å²) in [6.07, 6.45) is 3.04. The first-order valence-corrected chi connectivity index (χ1v) is 8.44. The number of rotatable bonds is 4. The number of nitrogens with two attached hydrogens (primary N) is 1. The van der Waals surface area contributed by atoms with Gasteiger partial charge in [0.05, 0.1) is 10.7 Å². The highest BCUT2D eigenvalue weighted by atomic mass is 35.5. The van der Waals surface area contributed by atoms with Crippen molar-refractivity contribution in [3.8, 4) is 11.3 Å². The van der Waals surface area contributed by atoms with Gasteiger partial charge in [-0.3, -0.25) is 19.9 Å². The average molecular weight is 373 g/mol. The normalized spacial score (nSPS) is 10.5. The van der Waals surface area contributed by atoms with Gasteiger partial charge in [-0.15, -0.1) is 0 Å². The molecule has 3 N–H and O–H groups in total. The van der Waals surface area contributed by atoms with Crippen molar-refractivity contribution in [1.29, 1.82) is 0 Å². The Hall–Kier alpha value is -2.77. The lowest BCUT2D eigenvalue weighted by atomic mass is 10.0. The molecule has 0 radical (unpaired) electrons. The second-order valence-corrected chi connectivity index (χ2v) is 6.59. The molecule has 0 unspecified atom stereocenters. The van der Waals surface area contributed by atoms with Crippen LogP contribution in [0.5, 0.6) is 0 Å². The topological polar surface area (TPSA) is 98.0 Å². The number of carbonyl (C=O) groups is 2. The van der Waals surface area contributed by atoms with Crippen LogP contribution in [-0.4, -0.2) is 21.8 Å². The number of benzene rings is 1. The van der Waals surface area contributed by atoms with Crippen LogP contribution in [0, 0.1) is 6.92 Å². The molecule has 6 nitrogen and oxygen atoms in total. The molecule has 0 aliphatic heterocycles. The maximum Gasteiger partial charge on any atom is 0.261 e. The zero-order chi connectivity index (χ0) is 18.0. The van der Waals surface area contributed by atoms with E-state index in [-0.39, 0.29) is 15.9 Å². The molecular formula is C17H13ClN4O2S. The van der Waals surface area contributed by atoms with Crippen molar-refractivity contribution in [3.05, 3.63) is 63.8 Å². The lowest BCUT2D eigenvalue weighted by molar-refractivity contribution is 0.100. The van der Waals surface area contributed by atoms with Crippen LogP contribution in [0.25, 0.3) is 11.3 Å². The van der Waals surface area contributed by atoms with E-state index in [1.807, 2.05) is 19.1 Å². The standard InChI is InChI=1S/C17H13ClN4O2S/c1-9-3-2-4-11(18)12(9)13-14(15(19)23)25-17(21-13)22-16(24)10-5-7-20-8-6-10/h2-8H,1H3,(H2,19,23)(H,21,22,24). The summed E-state index contributed by atoms with van der Waals surface area (Å²) in [7, 11) is 0. The Morgan fingerprint density at radius 3 is 2.56 bits per heavy atom. The van der Waals surface area contributed by atoms with Crippen LogP contribution in [0.1, 0.15) is 25.6 Å². The summed E-state index contributed by atoms with van der Waals surface area (Å²) in [6, 6.07) is 8.54. The third kappa shape index (κ3) is 3.52. The Morgan fingerprint density at radius 1 is 1.20 bits per heavy atom. The zero-order valence-corrected chi connectivity index (χ0v) is 14.7. The Balaban J connectivity index is 2.01. The van der Waals surface area contributed by atoms with E-state index in [9.17, 15) is 9.59 Å². The summed E-state index contributed by atoms with van der Waals surface area (Å²) in [5.74, 6) is -0.981. The Morgan fingerprint density at radius 2 is 1.92 bits per heavy atom. The van der Waals surface area contributed by atoms with E-state index in [0.29, 0.717) is 21.8 Å². The average Bonchev–Trinajstić information content (AvgIpc) is 2.99. The van der Waals surface area contributed by atoms with Gasteiger partial charge in [0, 0.05) is 23.5 Å². The monoisotopic (exact) mass is 372 g/mol. The number of pyridine rings is 1. The van der Waals surface area contributed by atoms with Gasteiger partial charge in [-0.2, -0.15) is 0 Å². The van der Waals surface area contributed by atoms with Crippen molar-refractivity contribution >= 4 is 39.9 Å². The molecule has 0 aliphatic carbocycles. The minimum atomic E-state index is -0.628. The molecule has 1 aromatic carbocycles. The number of primary amides is 1. The molecule has 3 rings (SSSR count). The number of nitrogens with zero attached hydrogens (tertiary/aromatic N) is 2. The first-order valence-electron chi connectivity index (χ1n) is 7.25. The first-order chi connectivity index (χ1) is 12.0. The smallest absolute Gasteiger partial charge is 0.261 e. The predicted octanol–water partition coefficient (Wildman–Crippen LogP) is 3.52. The minimum Gasteiger partial charge on any atom is -0.365 e. The highest BCUT2D eigenvalue weighted by Crippen LogP contribution is 2.37. The van der Waals surface area contributed by atoms with Crippen molar-refractivity contribution in [3.63, 3.8) is 0 Å². The number of thiazole rings is 1. The van der Waals surface area contributed by atoms with Crippen molar-refractivity contribution in [2.24, 2.45) is 5.73 Å². The summed E-state index contributed by atoms with van der Waals surface area (Å²) in [5, 5.41) is 3.40. The lowest BCUT2D eigenvalue weighted by Crippen LogP contribution is -2.11. The van der Waals surface area contributed by atoms with E-state index in [1.54, 1.807) is 18.2 Å². The summed E-state index contributed by atoms with van der Waals surface area (Å²) in [4.78, 5) is 32.6. The van der Waals surface area contributed by atoms with E-state index < -0.39 is 5.91 Å². The quantitative estimate of drug-likeness (QED) is 0.732. The van der Waals surface area contributed by atoms with Crippen molar-refractivity contribution < 1.29 is 9.59 Å². The van der Waals surface area contributed by atoms with Gasteiger partial charge in [0.2, 0.25) is 0 Å². The lowest BCUT2D eigenvalue weighted by Gasteiger charge is -2.06. The fraction of sp³-hybridized carbons (Fsp3) is 0.0588. The zero-order valence-electron chi connectivity index (χ0n) is 13.1. The number of anilines is 1. The largest absolute Gasteiger partial charge is 0.365 e. The SMILES string of the molecule is Cc1cccc(Cl)c1-c1nc(NC(=O)c2ccncc2)sc1C(N)=O. The summed E-state index contributed by atoms with van der Waals surface area (Å²) < 4.78 is 0. The van der Waals surface area contributed by atoms with E-state index in [1.165, 1.54) is 12.4 Å². The first kappa shape index (κ1) is 17.1. The molecule has 0 bridgehead atoms. The molecule has 0 saturated carbocycles. The molecule has 25 heavy (non-hydrogen) atoms. The molecule has 2 amide bonds. The number of nitrogens with one attached hydrogen (secondary N) is 1. The van der Waals surface area contributed by atoms with Crippen LogP contribution in [0.2, 0.25) is 5.02 Å². The van der Waals surface area contributed by atoms with Gasteiger partial charge in [0.1, 0.15) is 4.88 Å². The molecule has 0 saturated heterocycles. The Kier molecular flexibility index (Phi) is 4.78. The van der Waals surface area contributed by atoms with Crippen LogP contribution in [0.15, 0.2) is 42.7 Å². The summed E-state index contributed by atoms with van der Waals surface area (Å²) in [5.41, 5.74) is 7.75. The Bertz CT molecular complexity index is 936. The number of hydrogen-bond donors (Lipinski definition) is 2. The molecule has 0 fully saturated rings. The van der Waals surface area contributed by atoms with E-state index >= 15 is 0 Å². The summed E-state index contributed by atoms with van der Waals surface area (Å²) in [6.45, 7) is 1.86. The number of carbonyl (C=O) groups excluding carboxylic acids is 2. The van der Waals surface area contributed by atoms with E-state index in [2.05, 4.69) is 15.3 Å². The molecule has 8 heteroatoms. The van der Waals surface area contributed by atoms with Crippen molar-refractivity contribution in [2.75, 3.05) is 5.32 Å². The van der Waals surface area contributed by atoms with Gasteiger partial charge < -0.3 is 5.73 Å². The van der Waals surface area contributed by atoms with Gasteiger partial charge in [0.25, 0.3) is 11.8 Å². The molecule has 2 aromatic heterocycles. The predicted molar refractivity (Wildman–Crippen MR) is 98.0 cm³/mol. The molecule has 0 atom stereocenters. The number of halogens is 1. The number of aryl methyl sites for hydroxylation is 1. The van der Waals surface area contributed by atoms with Crippen LogP contribution in [0.3, 0.4) is 0 Å². The Labute approximate surface area is 152 Å². The second-order valence-electron chi connectivity index (χ2n) is 5.18. The van der Waals surface area contributed by atoms with E-state index in [0.717, 1.165) is 16.9 Å². The van der Waals surface area contributed by atoms with Gasteiger partial charge in [0.15, 0.2) is 5.13 Å². The molecule has 0 spiro atoms.